The van der Waals surface area contributed by atoms with E-state index in [1.165, 1.54) is 50.6 Å². The summed E-state index contributed by atoms with van der Waals surface area (Å²) in [4.78, 5) is 15.1. The summed E-state index contributed by atoms with van der Waals surface area (Å²) in [5.74, 6) is -1.16. The lowest BCUT2D eigenvalue weighted by molar-refractivity contribution is 0.102. The number of sulfonamides is 1. The SMILES string of the molecule is CCn1cc(C(=O)Nc2cccc(F)c2)c(S(=O)(=O)N2CCN(c3cccc(C)c3C)CC2)n1. The molecule has 1 saturated heterocycles. The van der Waals surface area contributed by atoms with Crippen molar-refractivity contribution < 1.29 is 17.6 Å². The van der Waals surface area contributed by atoms with Crippen LogP contribution >= 0.6 is 0 Å². The first-order valence-electron chi connectivity index (χ1n) is 11.2. The molecule has 1 aliphatic heterocycles. The summed E-state index contributed by atoms with van der Waals surface area (Å²) in [5.41, 5.74) is 3.63. The highest BCUT2D eigenvalue weighted by Gasteiger charge is 2.35. The summed E-state index contributed by atoms with van der Waals surface area (Å²) < 4.78 is 43.3. The molecule has 0 bridgehead atoms. The Morgan fingerprint density at radius 3 is 2.47 bits per heavy atom. The highest BCUT2D eigenvalue weighted by Crippen LogP contribution is 2.26. The molecule has 10 heteroatoms. The van der Waals surface area contributed by atoms with Crippen molar-refractivity contribution in [1.29, 1.82) is 0 Å². The number of nitrogens with one attached hydrogen (secondary N) is 1. The Labute approximate surface area is 199 Å². The second-order valence-electron chi connectivity index (χ2n) is 8.28. The van der Waals surface area contributed by atoms with Gasteiger partial charge in [-0.05, 0) is 56.2 Å². The maximum atomic E-state index is 13.5. The van der Waals surface area contributed by atoms with Gasteiger partial charge in [0.2, 0.25) is 5.03 Å². The largest absolute Gasteiger partial charge is 0.369 e. The summed E-state index contributed by atoms with van der Waals surface area (Å²) in [5, 5.41) is 6.48. The Hall–Kier alpha value is -3.24. The zero-order valence-electron chi connectivity index (χ0n) is 19.5. The van der Waals surface area contributed by atoms with Crippen LogP contribution in [0.25, 0.3) is 0 Å². The van der Waals surface area contributed by atoms with Gasteiger partial charge in [0, 0.05) is 50.3 Å². The van der Waals surface area contributed by atoms with Gasteiger partial charge in [0.05, 0.1) is 5.56 Å². The predicted molar refractivity (Wildman–Crippen MR) is 129 cm³/mol. The van der Waals surface area contributed by atoms with Gasteiger partial charge < -0.3 is 10.2 Å². The minimum Gasteiger partial charge on any atom is -0.369 e. The van der Waals surface area contributed by atoms with Crippen LogP contribution in [0.4, 0.5) is 15.8 Å². The van der Waals surface area contributed by atoms with Gasteiger partial charge in [0.25, 0.3) is 15.9 Å². The van der Waals surface area contributed by atoms with E-state index >= 15 is 0 Å². The molecule has 1 aliphatic rings. The van der Waals surface area contributed by atoms with E-state index in [9.17, 15) is 17.6 Å². The van der Waals surface area contributed by atoms with Crippen molar-refractivity contribution in [1.82, 2.24) is 14.1 Å². The molecule has 0 radical (unpaired) electrons. The zero-order chi connectivity index (χ0) is 24.5. The number of anilines is 2. The first-order chi connectivity index (χ1) is 16.2. The van der Waals surface area contributed by atoms with Gasteiger partial charge in [-0.25, -0.2) is 12.8 Å². The standard InChI is InChI=1S/C24H28FN5O3S/c1-4-29-16-21(23(31)26-20-9-6-8-19(25)15-20)24(27-29)34(32,33)30-13-11-28(12-14-30)22-10-5-7-17(2)18(22)3/h5-10,15-16H,4,11-14H2,1-3H3,(H,26,31). The number of halogens is 1. The van der Waals surface area contributed by atoms with Crippen LogP contribution in [0.1, 0.15) is 28.4 Å². The van der Waals surface area contributed by atoms with Crippen LogP contribution in [0.2, 0.25) is 0 Å². The number of carbonyl (C=O) groups is 1. The van der Waals surface area contributed by atoms with Gasteiger partial charge >= 0.3 is 0 Å². The van der Waals surface area contributed by atoms with Crippen LogP contribution in [-0.4, -0.2) is 54.6 Å². The first kappa shape index (κ1) is 23.9. The molecule has 34 heavy (non-hydrogen) atoms. The fourth-order valence-electron chi connectivity index (χ4n) is 4.05. The molecule has 0 unspecified atom stereocenters. The number of piperazine rings is 1. The van der Waals surface area contributed by atoms with E-state index in [0.29, 0.717) is 19.6 Å². The van der Waals surface area contributed by atoms with Gasteiger partial charge in [0.15, 0.2) is 0 Å². The molecule has 0 atom stereocenters. The van der Waals surface area contributed by atoms with Crippen molar-refractivity contribution in [2.24, 2.45) is 0 Å². The van der Waals surface area contributed by atoms with Gasteiger partial charge in [-0.3, -0.25) is 9.48 Å². The zero-order valence-corrected chi connectivity index (χ0v) is 20.3. The lowest BCUT2D eigenvalue weighted by Crippen LogP contribution is -2.49. The van der Waals surface area contributed by atoms with E-state index in [1.54, 1.807) is 6.92 Å². The third-order valence-electron chi connectivity index (χ3n) is 6.12. The van der Waals surface area contributed by atoms with E-state index in [1.807, 2.05) is 12.1 Å². The van der Waals surface area contributed by atoms with Crippen molar-refractivity contribution in [3.8, 4) is 0 Å². The lowest BCUT2D eigenvalue weighted by Gasteiger charge is -2.36. The number of aryl methyl sites for hydroxylation is 2. The predicted octanol–water partition coefficient (Wildman–Crippen LogP) is 3.42. The number of nitrogens with zero attached hydrogens (tertiary/aromatic N) is 4. The minimum atomic E-state index is -4.01. The normalized spacial score (nSPS) is 14.9. The number of amides is 1. The van der Waals surface area contributed by atoms with E-state index < -0.39 is 21.7 Å². The van der Waals surface area contributed by atoms with Crippen LogP contribution in [-0.2, 0) is 16.6 Å². The molecule has 1 amide bonds. The Kier molecular flexibility index (Phi) is 6.72. The molecule has 3 aromatic rings. The molecule has 2 aromatic carbocycles. The van der Waals surface area contributed by atoms with E-state index in [0.717, 1.165) is 5.69 Å². The quantitative estimate of drug-likeness (QED) is 0.578. The molecule has 1 N–H and O–H groups in total. The van der Waals surface area contributed by atoms with Gasteiger partial charge in [0.1, 0.15) is 5.82 Å². The van der Waals surface area contributed by atoms with Crippen molar-refractivity contribution in [3.63, 3.8) is 0 Å². The first-order valence-corrected chi connectivity index (χ1v) is 12.6. The number of hydrogen-bond donors (Lipinski definition) is 1. The average molecular weight is 486 g/mol. The molecule has 8 nitrogen and oxygen atoms in total. The molecule has 0 spiro atoms. The molecule has 1 fully saturated rings. The van der Waals surface area contributed by atoms with Crippen molar-refractivity contribution in [3.05, 3.63) is 71.2 Å². The fraction of sp³-hybridized carbons (Fsp3) is 0.333. The second-order valence-corrected chi connectivity index (χ2v) is 10.1. The Morgan fingerprint density at radius 1 is 1.09 bits per heavy atom. The molecule has 0 aliphatic carbocycles. The maximum Gasteiger partial charge on any atom is 0.263 e. The molecular formula is C24H28FN5O3S. The monoisotopic (exact) mass is 485 g/mol. The molecule has 0 saturated carbocycles. The average Bonchev–Trinajstić information content (AvgIpc) is 3.27. The fourth-order valence-corrected chi connectivity index (χ4v) is 5.57. The third-order valence-corrected chi connectivity index (χ3v) is 7.95. The number of carbonyl (C=O) groups excluding carboxylic acids is 1. The molecule has 2 heterocycles. The smallest absolute Gasteiger partial charge is 0.263 e. The van der Waals surface area contributed by atoms with Gasteiger partial charge in [-0.1, -0.05) is 18.2 Å². The summed E-state index contributed by atoms with van der Waals surface area (Å²) in [7, 11) is -4.01. The number of rotatable bonds is 6. The molecular weight excluding hydrogens is 457 g/mol. The second kappa shape index (κ2) is 9.55. The van der Waals surface area contributed by atoms with Crippen LogP contribution in [0.3, 0.4) is 0 Å². The molecule has 1 aromatic heterocycles. The van der Waals surface area contributed by atoms with Crippen LogP contribution in [0.5, 0.6) is 0 Å². The molecule has 4 rings (SSSR count). The highest BCUT2D eigenvalue weighted by molar-refractivity contribution is 7.89. The van der Waals surface area contributed by atoms with Crippen molar-refractivity contribution in [2.45, 2.75) is 32.3 Å². The lowest BCUT2D eigenvalue weighted by atomic mass is 10.1. The van der Waals surface area contributed by atoms with Gasteiger partial charge in [-0.2, -0.15) is 9.40 Å². The van der Waals surface area contributed by atoms with E-state index in [2.05, 4.69) is 35.2 Å². The summed E-state index contributed by atoms with van der Waals surface area (Å²) in [6.07, 6.45) is 1.41. The van der Waals surface area contributed by atoms with Crippen molar-refractivity contribution >= 4 is 27.3 Å². The van der Waals surface area contributed by atoms with E-state index in [4.69, 9.17) is 0 Å². The summed E-state index contributed by atoms with van der Waals surface area (Å²) in [6.45, 7) is 7.94. The summed E-state index contributed by atoms with van der Waals surface area (Å²) in [6, 6.07) is 11.5. The highest BCUT2D eigenvalue weighted by atomic mass is 32.2. The Morgan fingerprint density at radius 2 is 1.79 bits per heavy atom. The number of benzene rings is 2. The van der Waals surface area contributed by atoms with Crippen molar-refractivity contribution in [2.75, 3.05) is 36.4 Å². The molecule has 180 valence electrons. The topological polar surface area (TPSA) is 87.5 Å². The summed E-state index contributed by atoms with van der Waals surface area (Å²) >= 11 is 0. The Bertz CT molecular complexity index is 1310. The number of aromatic nitrogens is 2. The maximum absolute atomic E-state index is 13.5. The van der Waals surface area contributed by atoms with Gasteiger partial charge in [-0.15, -0.1) is 0 Å². The minimum absolute atomic E-state index is 0.0666. The van der Waals surface area contributed by atoms with Crippen LogP contribution < -0.4 is 10.2 Å². The number of hydrogen-bond acceptors (Lipinski definition) is 5. The third kappa shape index (κ3) is 4.69. The van der Waals surface area contributed by atoms with Crippen LogP contribution in [0.15, 0.2) is 53.7 Å². The van der Waals surface area contributed by atoms with E-state index in [-0.39, 0.29) is 29.4 Å². The van der Waals surface area contributed by atoms with Crippen LogP contribution in [0, 0.1) is 19.7 Å². The Balaban J connectivity index is 1.56.